The maximum Gasteiger partial charge on any atom is 0.349 e. The molecule has 2 aromatic carbocycles. The highest BCUT2D eigenvalue weighted by atomic mass is 16.5. The van der Waals surface area contributed by atoms with Crippen LogP contribution in [-0.2, 0) is 14.3 Å². The smallest absolute Gasteiger partial charge is 0.349 e. The number of nitrogens with one attached hydrogen (secondary N) is 1. The first-order valence-electron chi connectivity index (χ1n) is 9.24. The maximum atomic E-state index is 12.3. The Kier molecular flexibility index (Phi) is 7.99. The third-order valence-corrected chi connectivity index (χ3v) is 4.37. The minimum absolute atomic E-state index is 0.118. The number of ether oxygens (including phenoxy) is 2. The highest BCUT2D eigenvalue weighted by molar-refractivity contribution is 5.99. The van der Waals surface area contributed by atoms with Gasteiger partial charge in [-0.2, -0.15) is 5.26 Å². The van der Waals surface area contributed by atoms with Crippen LogP contribution < -0.4 is 10.1 Å². The average molecular weight is 392 g/mol. The summed E-state index contributed by atoms with van der Waals surface area (Å²) in [7, 11) is 1.55. The molecule has 0 radical (unpaired) electrons. The van der Waals surface area contributed by atoms with Crippen molar-refractivity contribution in [3.05, 3.63) is 71.3 Å². The van der Waals surface area contributed by atoms with E-state index in [4.69, 9.17) is 9.47 Å². The lowest BCUT2D eigenvalue weighted by Gasteiger charge is -2.16. The van der Waals surface area contributed by atoms with Crippen molar-refractivity contribution in [2.45, 2.75) is 25.9 Å². The second-order valence-electron chi connectivity index (χ2n) is 6.55. The predicted octanol–water partition coefficient (Wildman–Crippen LogP) is 3.45. The van der Waals surface area contributed by atoms with E-state index in [1.54, 1.807) is 31.4 Å². The fraction of sp³-hybridized carbons (Fsp3) is 0.261. The standard InChI is InChI=1S/C23H24N2O4/c1-16(19-7-5-4-6-8-19)15-25-22(26)17(2)29-23(27)20(14-24)13-18-9-11-21(28-3)12-10-18/h4-13,16-17H,15H2,1-3H3,(H,25,26)/b20-13+/t16-,17-/m1/s1. The molecule has 1 N–H and O–H groups in total. The Morgan fingerprint density at radius 3 is 2.34 bits per heavy atom. The average Bonchev–Trinajstić information content (AvgIpc) is 2.76. The van der Waals surface area contributed by atoms with Crippen molar-refractivity contribution in [3.8, 4) is 11.8 Å². The summed E-state index contributed by atoms with van der Waals surface area (Å²) in [5, 5.41) is 12.0. The van der Waals surface area contributed by atoms with Crippen molar-refractivity contribution >= 4 is 18.0 Å². The van der Waals surface area contributed by atoms with Crippen LogP contribution in [0.15, 0.2) is 60.2 Å². The molecular formula is C23H24N2O4. The van der Waals surface area contributed by atoms with Crippen LogP contribution in [-0.4, -0.2) is 31.6 Å². The van der Waals surface area contributed by atoms with Crippen LogP contribution in [0.4, 0.5) is 0 Å². The molecule has 6 nitrogen and oxygen atoms in total. The van der Waals surface area contributed by atoms with E-state index in [0.717, 1.165) is 5.56 Å². The van der Waals surface area contributed by atoms with Crippen LogP contribution in [0.25, 0.3) is 6.08 Å². The van der Waals surface area contributed by atoms with Gasteiger partial charge in [-0.25, -0.2) is 4.79 Å². The number of nitrogens with zero attached hydrogens (tertiary/aromatic N) is 1. The molecule has 2 rings (SSSR count). The lowest BCUT2D eigenvalue weighted by molar-refractivity contribution is -0.150. The van der Waals surface area contributed by atoms with Gasteiger partial charge in [0.15, 0.2) is 6.10 Å². The summed E-state index contributed by atoms with van der Waals surface area (Å²) in [6, 6.07) is 18.5. The minimum atomic E-state index is -1.02. The summed E-state index contributed by atoms with van der Waals surface area (Å²) in [6.07, 6.45) is 0.391. The first kappa shape index (κ1) is 21.7. The number of methoxy groups -OCH3 is 1. The molecule has 0 aliphatic heterocycles. The third kappa shape index (κ3) is 6.51. The van der Waals surface area contributed by atoms with E-state index in [0.29, 0.717) is 17.9 Å². The van der Waals surface area contributed by atoms with E-state index in [1.165, 1.54) is 13.0 Å². The normalized spacial score (nSPS) is 13.0. The molecule has 0 bridgehead atoms. The van der Waals surface area contributed by atoms with Gasteiger partial charge in [-0.05, 0) is 42.2 Å². The van der Waals surface area contributed by atoms with Crippen molar-refractivity contribution in [2.75, 3.05) is 13.7 Å². The van der Waals surface area contributed by atoms with Crippen LogP contribution in [0, 0.1) is 11.3 Å². The molecule has 0 spiro atoms. The number of benzene rings is 2. The monoisotopic (exact) mass is 392 g/mol. The first-order chi connectivity index (χ1) is 13.9. The molecule has 2 atom stereocenters. The second-order valence-corrected chi connectivity index (χ2v) is 6.55. The largest absolute Gasteiger partial charge is 0.497 e. The van der Waals surface area contributed by atoms with Gasteiger partial charge in [0.1, 0.15) is 17.4 Å². The summed E-state index contributed by atoms with van der Waals surface area (Å²) in [4.78, 5) is 24.5. The van der Waals surface area contributed by atoms with E-state index in [-0.39, 0.29) is 11.5 Å². The van der Waals surface area contributed by atoms with Crippen molar-refractivity contribution in [3.63, 3.8) is 0 Å². The number of hydrogen-bond acceptors (Lipinski definition) is 5. The minimum Gasteiger partial charge on any atom is -0.497 e. The summed E-state index contributed by atoms with van der Waals surface area (Å²) in [5.41, 5.74) is 1.56. The first-order valence-corrected chi connectivity index (χ1v) is 9.24. The van der Waals surface area contributed by atoms with Gasteiger partial charge in [0.05, 0.1) is 7.11 Å². The fourth-order valence-corrected chi connectivity index (χ4v) is 2.58. The Morgan fingerprint density at radius 2 is 1.76 bits per heavy atom. The van der Waals surface area contributed by atoms with E-state index >= 15 is 0 Å². The topological polar surface area (TPSA) is 88.4 Å². The summed E-state index contributed by atoms with van der Waals surface area (Å²) in [6.45, 7) is 3.89. The second kappa shape index (κ2) is 10.7. The molecule has 0 aliphatic rings. The zero-order valence-electron chi connectivity index (χ0n) is 16.7. The molecule has 1 amide bonds. The van der Waals surface area contributed by atoms with Crippen LogP contribution in [0.5, 0.6) is 5.75 Å². The van der Waals surface area contributed by atoms with Crippen molar-refractivity contribution < 1.29 is 19.1 Å². The van der Waals surface area contributed by atoms with E-state index in [1.807, 2.05) is 43.3 Å². The number of hydrogen-bond donors (Lipinski definition) is 1. The fourth-order valence-electron chi connectivity index (χ4n) is 2.58. The Morgan fingerprint density at radius 1 is 1.10 bits per heavy atom. The van der Waals surface area contributed by atoms with Gasteiger partial charge in [0.2, 0.25) is 0 Å². The van der Waals surface area contributed by atoms with Gasteiger partial charge < -0.3 is 14.8 Å². The Labute approximate surface area is 170 Å². The maximum absolute atomic E-state index is 12.3. The number of carbonyl (C=O) groups is 2. The highest BCUT2D eigenvalue weighted by Gasteiger charge is 2.21. The van der Waals surface area contributed by atoms with Gasteiger partial charge in [0, 0.05) is 6.54 Å². The quantitative estimate of drug-likeness (QED) is 0.422. The van der Waals surface area contributed by atoms with E-state index in [2.05, 4.69) is 5.32 Å². The molecule has 2 aromatic rings. The molecule has 0 saturated heterocycles. The Hall–Kier alpha value is -3.59. The van der Waals surface area contributed by atoms with Crippen molar-refractivity contribution in [2.24, 2.45) is 0 Å². The molecule has 150 valence electrons. The number of rotatable bonds is 8. The Bertz CT molecular complexity index is 899. The highest BCUT2D eigenvalue weighted by Crippen LogP contribution is 2.15. The van der Waals surface area contributed by atoms with E-state index < -0.39 is 18.0 Å². The molecule has 0 heterocycles. The third-order valence-electron chi connectivity index (χ3n) is 4.37. The predicted molar refractivity (Wildman–Crippen MR) is 110 cm³/mol. The molecule has 0 aliphatic carbocycles. The van der Waals surface area contributed by atoms with Crippen molar-refractivity contribution in [1.82, 2.24) is 5.32 Å². The summed E-state index contributed by atoms with van der Waals surface area (Å²) in [5.74, 6) is -0.476. The molecular weight excluding hydrogens is 368 g/mol. The van der Waals surface area contributed by atoms with Gasteiger partial charge in [-0.3, -0.25) is 4.79 Å². The number of nitriles is 1. The Balaban J connectivity index is 1.92. The van der Waals surface area contributed by atoms with Gasteiger partial charge in [0.25, 0.3) is 5.91 Å². The lowest BCUT2D eigenvalue weighted by Crippen LogP contribution is -2.37. The molecule has 6 heteroatoms. The van der Waals surface area contributed by atoms with Gasteiger partial charge in [-0.15, -0.1) is 0 Å². The lowest BCUT2D eigenvalue weighted by atomic mass is 10.0. The molecule has 0 fully saturated rings. The van der Waals surface area contributed by atoms with Crippen LogP contribution in [0.1, 0.15) is 30.9 Å². The van der Waals surface area contributed by atoms with Crippen molar-refractivity contribution in [1.29, 1.82) is 5.26 Å². The van der Waals surface area contributed by atoms with Crippen LogP contribution in [0.3, 0.4) is 0 Å². The van der Waals surface area contributed by atoms with Crippen LogP contribution in [0.2, 0.25) is 0 Å². The molecule has 0 aromatic heterocycles. The van der Waals surface area contributed by atoms with Crippen LogP contribution >= 0.6 is 0 Å². The number of carbonyl (C=O) groups excluding carboxylic acids is 2. The van der Waals surface area contributed by atoms with E-state index in [9.17, 15) is 14.9 Å². The summed E-state index contributed by atoms with van der Waals surface area (Å²) < 4.78 is 10.2. The molecule has 0 saturated carbocycles. The molecule has 0 unspecified atom stereocenters. The zero-order valence-corrected chi connectivity index (χ0v) is 16.7. The number of esters is 1. The number of amides is 1. The SMILES string of the molecule is COc1ccc(/C=C(\C#N)C(=O)O[C@H](C)C(=O)NC[C@@H](C)c2ccccc2)cc1. The zero-order chi connectivity index (χ0) is 21.2. The van der Waals surface area contributed by atoms with Gasteiger partial charge >= 0.3 is 5.97 Å². The molecule has 29 heavy (non-hydrogen) atoms. The summed E-state index contributed by atoms with van der Waals surface area (Å²) >= 11 is 0. The van der Waals surface area contributed by atoms with Gasteiger partial charge in [-0.1, -0.05) is 49.4 Å².